The van der Waals surface area contributed by atoms with Crippen molar-refractivity contribution in [2.24, 2.45) is 0 Å². The van der Waals surface area contributed by atoms with Crippen molar-refractivity contribution in [3.05, 3.63) is 58.1 Å². The molecule has 0 saturated heterocycles. The van der Waals surface area contributed by atoms with Crippen LogP contribution < -0.4 is 10.5 Å². The minimum atomic E-state index is 0.729. The smallest absolute Gasteiger partial charge is 0.123 e. The van der Waals surface area contributed by atoms with E-state index < -0.39 is 0 Å². The molecule has 1 aliphatic rings. The fourth-order valence-electron chi connectivity index (χ4n) is 2.44. The molecule has 0 atom stereocenters. The first-order chi connectivity index (χ1) is 9.72. The highest BCUT2D eigenvalue weighted by atomic mass is 79.9. The van der Waals surface area contributed by atoms with E-state index in [4.69, 9.17) is 10.5 Å². The quantitative estimate of drug-likeness (QED) is 0.856. The fraction of sp³-hybridized carbons (Fsp3) is 0.250. The zero-order valence-electron chi connectivity index (χ0n) is 11.2. The van der Waals surface area contributed by atoms with Crippen LogP contribution in [0.15, 0.2) is 46.9 Å². The maximum atomic E-state index is 5.83. The van der Waals surface area contributed by atoms with E-state index in [1.54, 1.807) is 0 Å². The maximum Gasteiger partial charge on any atom is 0.123 e. The Morgan fingerprint density at radius 3 is 2.90 bits per heavy atom. The summed E-state index contributed by atoms with van der Waals surface area (Å²) >= 11 is 3.48. The first-order valence-electron chi connectivity index (χ1n) is 6.69. The molecule has 1 aliphatic heterocycles. The van der Waals surface area contributed by atoms with Crippen molar-refractivity contribution in [3.63, 3.8) is 0 Å². The van der Waals surface area contributed by atoms with Gasteiger partial charge in [0.25, 0.3) is 0 Å². The number of halogens is 1. The topological polar surface area (TPSA) is 38.5 Å². The highest BCUT2D eigenvalue weighted by Crippen LogP contribution is 2.25. The van der Waals surface area contributed by atoms with E-state index in [1.807, 2.05) is 18.2 Å². The predicted octanol–water partition coefficient (Wildman–Crippen LogP) is 3.43. The second kappa shape index (κ2) is 5.85. The van der Waals surface area contributed by atoms with Crippen LogP contribution in [0.5, 0.6) is 5.75 Å². The Balaban J connectivity index is 1.76. The molecule has 0 saturated carbocycles. The number of rotatable bonds is 2. The van der Waals surface area contributed by atoms with E-state index in [0.29, 0.717) is 0 Å². The van der Waals surface area contributed by atoms with Crippen molar-refractivity contribution in [2.45, 2.75) is 13.1 Å². The Bertz CT molecular complexity index is 615. The summed E-state index contributed by atoms with van der Waals surface area (Å²) in [6.07, 6.45) is 0. The second-order valence-electron chi connectivity index (χ2n) is 5.02. The lowest BCUT2D eigenvalue weighted by atomic mass is 10.1. The molecular formula is C16H17BrN2O. The zero-order chi connectivity index (χ0) is 13.9. The molecule has 1 heterocycles. The van der Waals surface area contributed by atoms with Crippen LogP contribution in [0, 0.1) is 0 Å². The Labute approximate surface area is 127 Å². The Kier molecular flexibility index (Phi) is 3.94. The van der Waals surface area contributed by atoms with Crippen LogP contribution >= 0.6 is 15.9 Å². The molecule has 0 aliphatic carbocycles. The predicted molar refractivity (Wildman–Crippen MR) is 84.6 cm³/mol. The standard InChI is InChI=1S/C16H17BrN2O/c17-14-9-12(5-6-15(14)18)10-19-7-8-20-16-4-2-1-3-13(16)11-19/h1-6,9H,7-8,10-11,18H2. The summed E-state index contributed by atoms with van der Waals surface area (Å²) in [6, 6.07) is 14.4. The SMILES string of the molecule is Nc1ccc(CN2CCOc3ccccc3C2)cc1Br. The van der Waals surface area contributed by atoms with Gasteiger partial charge in [-0.1, -0.05) is 24.3 Å². The lowest BCUT2D eigenvalue weighted by molar-refractivity contribution is 0.219. The summed E-state index contributed by atoms with van der Waals surface area (Å²) in [5, 5.41) is 0. The third-order valence-electron chi connectivity index (χ3n) is 3.50. The van der Waals surface area contributed by atoms with Crippen molar-refractivity contribution in [1.29, 1.82) is 0 Å². The molecule has 0 spiro atoms. The van der Waals surface area contributed by atoms with Gasteiger partial charge in [0, 0.05) is 35.4 Å². The third-order valence-corrected chi connectivity index (χ3v) is 4.19. The molecule has 0 fully saturated rings. The molecule has 3 rings (SSSR count). The average molecular weight is 333 g/mol. The number of hydrogen-bond acceptors (Lipinski definition) is 3. The van der Waals surface area contributed by atoms with Gasteiger partial charge in [-0.15, -0.1) is 0 Å². The molecule has 2 aromatic rings. The van der Waals surface area contributed by atoms with Gasteiger partial charge in [-0.2, -0.15) is 0 Å². The molecule has 104 valence electrons. The summed E-state index contributed by atoms with van der Waals surface area (Å²) < 4.78 is 6.75. The van der Waals surface area contributed by atoms with Gasteiger partial charge in [0.1, 0.15) is 12.4 Å². The highest BCUT2D eigenvalue weighted by molar-refractivity contribution is 9.10. The molecule has 0 radical (unpaired) electrons. The number of nitrogen functional groups attached to an aromatic ring is 1. The lowest BCUT2D eigenvalue weighted by Gasteiger charge is -2.19. The van der Waals surface area contributed by atoms with E-state index in [2.05, 4.69) is 45.1 Å². The molecule has 0 bridgehead atoms. The van der Waals surface area contributed by atoms with Gasteiger partial charge in [-0.3, -0.25) is 4.90 Å². The van der Waals surface area contributed by atoms with Gasteiger partial charge in [0.15, 0.2) is 0 Å². The monoisotopic (exact) mass is 332 g/mol. The minimum Gasteiger partial charge on any atom is -0.492 e. The van der Waals surface area contributed by atoms with Crippen LogP contribution in [0.1, 0.15) is 11.1 Å². The van der Waals surface area contributed by atoms with Gasteiger partial charge in [0.05, 0.1) is 0 Å². The summed E-state index contributed by atoms with van der Waals surface area (Å²) in [5.74, 6) is 1.01. The molecule has 0 amide bonds. The highest BCUT2D eigenvalue weighted by Gasteiger charge is 2.15. The molecular weight excluding hydrogens is 316 g/mol. The zero-order valence-corrected chi connectivity index (χ0v) is 12.8. The minimum absolute atomic E-state index is 0.729. The number of benzene rings is 2. The summed E-state index contributed by atoms with van der Waals surface area (Å²) in [6.45, 7) is 3.47. The first kappa shape index (κ1) is 13.5. The van der Waals surface area contributed by atoms with Crippen LogP contribution in [-0.4, -0.2) is 18.1 Å². The van der Waals surface area contributed by atoms with E-state index in [9.17, 15) is 0 Å². The summed E-state index contributed by atoms with van der Waals surface area (Å²) in [4.78, 5) is 2.39. The van der Waals surface area contributed by atoms with Crippen molar-refractivity contribution in [2.75, 3.05) is 18.9 Å². The Morgan fingerprint density at radius 2 is 2.05 bits per heavy atom. The third kappa shape index (κ3) is 2.97. The van der Waals surface area contributed by atoms with Gasteiger partial charge in [-0.25, -0.2) is 0 Å². The lowest BCUT2D eigenvalue weighted by Crippen LogP contribution is -2.25. The molecule has 0 aromatic heterocycles. The van der Waals surface area contributed by atoms with E-state index in [-0.39, 0.29) is 0 Å². The van der Waals surface area contributed by atoms with E-state index in [1.165, 1.54) is 11.1 Å². The van der Waals surface area contributed by atoms with Crippen LogP contribution in [0.2, 0.25) is 0 Å². The van der Waals surface area contributed by atoms with Crippen LogP contribution in [0.4, 0.5) is 5.69 Å². The number of nitrogens with zero attached hydrogens (tertiary/aromatic N) is 1. The molecule has 20 heavy (non-hydrogen) atoms. The second-order valence-corrected chi connectivity index (χ2v) is 5.88. The maximum absolute atomic E-state index is 5.83. The van der Waals surface area contributed by atoms with Gasteiger partial charge >= 0.3 is 0 Å². The normalized spacial score (nSPS) is 15.2. The molecule has 0 unspecified atom stereocenters. The van der Waals surface area contributed by atoms with Crippen LogP contribution in [-0.2, 0) is 13.1 Å². The van der Waals surface area contributed by atoms with Crippen molar-refractivity contribution < 1.29 is 4.74 Å². The largest absolute Gasteiger partial charge is 0.492 e. The van der Waals surface area contributed by atoms with Crippen molar-refractivity contribution in [3.8, 4) is 5.75 Å². The Hall–Kier alpha value is -1.52. The molecule has 2 aromatic carbocycles. The first-order valence-corrected chi connectivity index (χ1v) is 7.48. The van der Waals surface area contributed by atoms with Crippen molar-refractivity contribution in [1.82, 2.24) is 4.90 Å². The number of nitrogens with two attached hydrogens (primary N) is 1. The summed E-state index contributed by atoms with van der Waals surface area (Å²) in [7, 11) is 0. The van der Waals surface area contributed by atoms with Gasteiger partial charge < -0.3 is 10.5 Å². The van der Waals surface area contributed by atoms with Crippen LogP contribution in [0.25, 0.3) is 0 Å². The average Bonchev–Trinajstić information content (AvgIpc) is 2.64. The number of hydrogen-bond donors (Lipinski definition) is 1. The van der Waals surface area contributed by atoms with E-state index in [0.717, 1.165) is 42.2 Å². The summed E-state index contributed by atoms with van der Waals surface area (Å²) in [5.41, 5.74) is 9.11. The molecule has 4 heteroatoms. The van der Waals surface area contributed by atoms with Crippen molar-refractivity contribution >= 4 is 21.6 Å². The number of para-hydroxylation sites is 1. The Morgan fingerprint density at radius 1 is 1.20 bits per heavy atom. The molecule has 2 N–H and O–H groups in total. The van der Waals surface area contributed by atoms with E-state index >= 15 is 0 Å². The van der Waals surface area contributed by atoms with Gasteiger partial charge in [0.2, 0.25) is 0 Å². The fourth-order valence-corrected chi connectivity index (χ4v) is 2.87. The van der Waals surface area contributed by atoms with Crippen LogP contribution in [0.3, 0.4) is 0 Å². The number of fused-ring (bicyclic) bond motifs is 1. The molecule has 3 nitrogen and oxygen atoms in total. The number of anilines is 1. The number of ether oxygens (including phenoxy) is 1. The van der Waals surface area contributed by atoms with Gasteiger partial charge in [-0.05, 0) is 39.7 Å².